The van der Waals surface area contributed by atoms with E-state index in [4.69, 9.17) is 4.74 Å². The third kappa shape index (κ3) is 2.56. The van der Waals surface area contributed by atoms with Crippen LogP contribution in [-0.2, 0) is 4.74 Å². The summed E-state index contributed by atoms with van der Waals surface area (Å²) in [5, 5.41) is 10.1. The highest BCUT2D eigenvalue weighted by Gasteiger charge is 2.30. The number of rotatable bonds is 4. The largest absolute Gasteiger partial charge is 0.385 e. The minimum absolute atomic E-state index is 0.508. The Bertz CT molecular complexity index is 291. The van der Waals surface area contributed by atoms with Crippen LogP contribution in [0.2, 0.25) is 0 Å². The van der Waals surface area contributed by atoms with Gasteiger partial charge in [-0.3, -0.25) is 0 Å². The van der Waals surface area contributed by atoms with Gasteiger partial charge in [-0.25, -0.2) is 0 Å². The molecule has 0 aliphatic rings. The molecule has 1 unspecified atom stereocenters. The SMILES string of the molecule is CCOC(C)(C)C(O)c1ccc(C)s1. The van der Waals surface area contributed by atoms with Gasteiger partial charge in [-0.05, 0) is 39.8 Å². The number of aliphatic hydroxyl groups is 1. The summed E-state index contributed by atoms with van der Waals surface area (Å²) in [4.78, 5) is 2.19. The average molecular weight is 214 g/mol. The lowest BCUT2D eigenvalue weighted by Crippen LogP contribution is -2.32. The Kier molecular flexibility index (Phi) is 3.70. The molecule has 80 valence electrons. The van der Waals surface area contributed by atoms with Crippen molar-refractivity contribution in [2.24, 2.45) is 0 Å². The molecule has 2 nitrogen and oxygen atoms in total. The van der Waals surface area contributed by atoms with E-state index >= 15 is 0 Å². The lowest BCUT2D eigenvalue weighted by molar-refractivity contribution is -0.0970. The van der Waals surface area contributed by atoms with E-state index in [1.807, 2.05) is 39.8 Å². The van der Waals surface area contributed by atoms with Gasteiger partial charge in [0.1, 0.15) is 6.10 Å². The first-order valence-electron chi connectivity index (χ1n) is 4.85. The third-order valence-electron chi connectivity index (χ3n) is 2.21. The number of aryl methyl sites for hydroxylation is 1. The highest BCUT2D eigenvalue weighted by molar-refractivity contribution is 7.12. The molecule has 0 fully saturated rings. The molecule has 0 bridgehead atoms. The molecule has 1 aromatic rings. The first kappa shape index (κ1) is 11.7. The lowest BCUT2D eigenvalue weighted by atomic mass is 10.0. The molecule has 1 heterocycles. The molecule has 0 amide bonds. The van der Waals surface area contributed by atoms with Crippen molar-refractivity contribution in [2.75, 3.05) is 6.61 Å². The fourth-order valence-corrected chi connectivity index (χ4v) is 2.43. The molecule has 0 saturated carbocycles. The smallest absolute Gasteiger partial charge is 0.116 e. The molecule has 1 N–H and O–H groups in total. The van der Waals surface area contributed by atoms with Crippen LogP contribution in [0.25, 0.3) is 0 Å². The van der Waals surface area contributed by atoms with Gasteiger partial charge in [-0.15, -0.1) is 11.3 Å². The zero-order valence-corrected chi connectivity index (χ0v) is 10.0. The van der Waals surface area contributed by atoms with Crippen LogP contribution in [0, 0.1) is 6.92 Å². The minimum atomic E-state index is -0.541. The Balaban J connectivity index is 2.78. The van der Waals surface area contributed by atoms with Crippen molar-refractivity contribution in [3.63, 3.8) is 0 Å². The Morgan fingerprint density at radius 1 is 1.50 bits per heavy atom. The van der Waals surface area contributed by atoms with Crippen LogP contribution in [0.4, 0.5) is 0 Å². The Morgan fingerprint density at radius 3 is 2.57 bits per heavy atom. The van der Waals surface area contributed by atoms with Gasteiger partial charge in [0.2, 0.25) is 0 Å². The van der Waals surface area contributed by atoms with Gasteiger partial charge < -0.3 is 9.84 Å². The highest BCUT2D eigenvalue weighted by atomic mass is 32.1. The Hall–Kier alpha value is -0.380. The predicted molar refractivity (Wildman–Crippen MR) is 59.7 cm³/mol. The Morgan fingerprint density at radius 2 is 2.14 bits per heavy atom. The van der Waals surface area contributed by atoms with Crippen molar-refractivity contribution in [1.82, 2.24) is 0 Å². The molecule has 0 aliphatic heterocycles. The Labute approximate surface area is 89.5 Å². The molecule has 3 heteroatoms. The molecular weight excluding hydrogens is 196 g/mol. The van der Waals surface area contributed by atoms with Gasteiger partial charge in [-0.1, -0.05) is 0 Å². The van der Waals surface area contributed by atoms with E-state index in [2.05, 4.69) is 0 Å². The van der Waals surface area contributed by atoms with E-state index in [0.717, 1.165) is 4.88 Å². The van der Waals surface area contributed by atoms with Crippen molar-refractivity contribution in [2.45, 2.75) is 39.4 Å². The normalized spacial score (nSPS) is 14.4. The van der Waals surface area contributed by atoms with E-state index in [1.54, 1.807) is 11.3 Å². The van der Waals surface area contributed by atoms with E-state index in [-0.39, 0.29) is 0 Å². The number of thiophene rings is 1. The monoisotopic (exact) mass is 214 g/mol. The van der Waals surface area contributed by atoms with Gasteiger partial charge in [0, 0.05) is 16.4 Å². The summed E-state index contributed by atoms with van der Waals surface area (Å²) >= 11 is 1.62. The van der Waals surface area contributed by atoms with Gasteiger partial charge in [0.25, 0.3) is 0 Å². The second-order valence-corrected chi connectivity index (χ2v) is 5.21. The maximum absolute atomic E-state index is 10.1. The van der Waals surface area contributed by atoms with Crippen LogP contribution >= 0.6 is 11.3 Å². The van der Waals surface area contributed by atoms with Crippen molar-refractivity contribution in [3.05, 3.63) is 21.9 Å². The third-order valence-corrected chi connectivity index (χ3v) is 3.26. The van der Waals surface area contributed by atoms with Crippen molar-refractivity contribution in [1.29, 1.82) is 0 Å². The van der Waals surface area contributed by atoms with E-state index in [1.165, 1.54) is 4.88 Å². The van der Waals surface area contributed by atoms with Crippen LogP contribution in [0.15, 0.2) is 12.1 Å². The second-order valence-electron chi connectivity index (χ2n) is 3.89. The van der Waals surface area contributed by atoms with Crippen LogP contribution in [0.1, 0.15) is 36.6 Å². The van der Waals surface area contributed by atoms with Crippen molar-refractivity contribution >= 4 is 11.3 Å². The first-order valence-corrected chi connectivity index (χ1v) is 5.67. The summed E-state index contributed by atoms with van der Waals surface area (Å²) in [5.74, 6) is 0. The summed E-state index contributed by atoms with van der Waals surface area (Å²) in [6, 6.07) is 3.98. The molecule has 0 aromatic carbocycles. The molecule has 1 rings (SSSR count). The molecule has 1 atom stereocenters. The molecule has 14 heavy (non-hydrogen) atoms. The van der Waals surface area contributed by atoms with Crippen molar-refractivity contribution < 1.29 is 9.84 Å². The summed E-state index contributed by atoms with van der Waals surface area (Å²) in [6.07, 6.45) is -0.541. The molecule has 0 saturated heterocycles. The zero-order chi connectivity index (χ0) is 10.8. The van der Waals surface area contributed by atoms with Crippen LogP contribution in [-0.4, -0.2) is 17.3 Å². The van der Waals surface area contributed by atoms with Gasteiger partial charge in [0.15, 0.2) is 0 Å². The quantitative estimate of drug-likeness (QED) is 0.835. The van der Waals surface area contributed by atoms with Gasteiger partial charge in [-0.2, -0.15) is 0 Å². The molecule has 0 aliphatic carbocycles. The van der Waals surface area contributed by atoms with Crippen LogP contribution in [0.5, 0.6) is 0 Å². The summed E-state index contributed by atoms with van der Waals surface area (Å²) < 4.78 is 5.51. The van der Waals surface area contributed by atoms with Crippen LogP contribution in [0.3, 0.4) is 0 Å². The maximum atomic E-state index is 10.1. The topological polar surface area (TPSA) is 29.5 Å². The fourth-order valence-electron chi connectivity index (χ4n) is 1.39. The second kappa shape index (κ2) is 4.43. The van der Waals surface area contributed by atoms with Gasteiger partial charge in [0.05, 0.1) is 5.60 Å². The maximum Gasteiger partial charge on any atom is 0.116 e. The van der Waals surface area contributed by atoms with Crippen LogP contribution < -0.4 is 0 Å². The van der Waals surface area contributed by atoms with E-state index in [0.29, 0.717) is 6.61 Å². The standard InChI is InChI=1S/C11H18O2S/c1-5-13-11(3,4)10(12)9-7-6-8(2)14-9/h6-7,10,12H,5H2,1-4H3. The van der Waals surface area contributed by atoms with Crippen molar-refractivity contribution in [3.8, 4) is 0 Å². The number of hydrogen-bond donors (Lipinski definition) is 1. The summed E-state index contributed by atoms with van der Waals surface area (Å²) in [7, 11) is 0. The number of aliphatic hydroxyl groups excluding tert-OH is 1. The first-order chi connectivity index (χ1) is 6.47. The number of ether oxygens (including phenoxy) is 1. The molecule has 0 spiro atoms. The predicted octanol–water partition coefficient (Wildman–Crippen LogP) is 2.91. The van der Waals surface area contributed by atoms with E-state index < -0.39 is 11.7 Å². The van der Waals surface area contributed by atoms with Gasteiger partial charge >= 0.3 is 0 Å². The summed E-state index contributed by atoms with van der Waals surface area (Å²) in [6.45, 7) is 8.42. The molecule has 1 aromatic heterocycles. The highest BCUT2D eigenvalue weighted by Crippen LogP contribution is 2.32. The van der Waals surface area contributed by atoms with E-state index in [9.17, 15) is 5.11 Å². The number of hydrogen-bond acceptors (Lipinski definition) is 3. The zero-order valence-electron chi connectivity index (χ0n) is 9.20. The molecule has 0 radical (unpaired) electrons. The molecular formula is C11H18O2S. The fraction of sp³-hybridized carbons (Fsp3) is 0.636. The minimum Gasteiger partial charge on any atom is -0.385 e. The average Bonchev–Trinajstić information content (AvgIpc) is 2.50. The lowest BCUT2D eigenvalue weighted by Gasteiger charge is -2.29. The summed E-state index contributed by atoms with van der Waals surface area (Å²) in [5.41, 5.74) is -0.508.